The summed E-state index contributed by atoms with van der Waals surface area (Å²) in [4.78, 5) is 26.3. The van der Waals surface area contributed by atoms with Gasteiger partial charge in [-0.25, -0.2) is 4.79 Å². The molecule has 1 saturated heterocycles. The minimum absolute atomic E-state index is 0.136. The minimum atomic E-state index is -0.394. The lowest BCUT2D eigenvalue weighted by atomic mass is 10.1. The molecule has 0 aliphatic carbocycles. The Hall–Kier alpha value is -1.91. The minimum Gasteiger partial charge on any atom is -0.465 e. The number of esters is 1. The number of halogens is 1. The Morgan fingerprint density at radius 3 is 2.64 bits per heavy atom. The summed E-state index contributed by atoms with van der Waals surface area (Å²) >= 11 is 8.91. The van der Waals surface area contributed by atoms with Gasteiger partial charge in [-0.2, -0.15) is 0 Å². The molecule has 8 heteroatoms. The molecule has 1 amide bonds. The zero-order valence-electron chi connectivity index (χ0n) is 15.2. The third-order valence-electron chi connectivity index (χ3n) is 4.12. The van der Waals surface area contributed by atoms with Crippen LogP contribution in [0.2, 0.25) is 0 Å². The molecule has 28 heavy (non-hydrogen) atoms. The van der Waals surface area contributed by atoms with Gasteiger partial charge in [0.25, 0.3) is 5.91 Å². The summed E-state index contributed by atoms with van der Waals surface area (Å²) in [5.74, 6) is -0.530. The van der Waals surface area contributed by atoms with Gasteiger partial charge < -0.3 is 10.1 Å². The molecule has 0 spiro atoms. The van der Waals surface area contributed by atoms with Gasteiger partial charge in [-0.3, -0.25) is 9.69 Å². The highest BCUT2D eigenvalue weighted by molar-refractivity contribution is 14.1. The molecule has 1 heterocycles. The maximum absolute atomic E-state index is 12.7. The summed E-state index contributed by atoms with van der Waals surface area (Å²) in [5, 5.41) is 3.28. The number of aryl methyl sites for hydroxylation is 1. The highest BCUT2D eigenvalue weighted by Gasteiger charge is 2.31. The second kappa shape index (κ2) is 9.06. The molecule has 3 rings (SSSR count). The number of hydrogen-bond donors (Lipinski definition) is 1. The molecule has 144 valence electrons. The van der Waals surface area contributed by atoms with Crippen molar-refractivity contribution in [2.75, 3.05) is 19.1 Å². The van der Waals surface area contributed by atoms with Gasteiger partial charge in [0, 0.05) is 9.26 Å². The molecule has 1 fully saturated rings. The molecule has 0 atom stereocenters. The largest absolute Gasteiger partial charge is 0.465 e. The lowest BCUT2D eigenvalue weighted by Gasteiger charge is -2.17. The van der Waals surface area contributed by atoms with Gasteiger partial charge in [0.2, 0.25) is 0 Å². The number of benzene rings is 2. The van der Waals surface area contributed by atoms with Crippen LogP contribution in [0.4, 0.5) is 5.69 Å². The van der Waals surface area contributed by atoms with E-state index in [1.54, 1.807) is 35.2 Å². The number of amides is 1. The topological polar surface area (TPSA) is 58.6 Å². The van der Waals surface area contributed by atoms with E-state index >= 15 is 0 Å². The third kappa shape index (κ3) is 4.73. The van der Waals surface area contributed by atoms with Crippen LogP contribution in [0.1, 0.15) is 21.5 Å². The van der Waals surface area contributed by atoms with E-state index in [0.29, 0.717) is 21.5 Å². The van der Waals surface area contributed by atoms with Crippen molar-refractivity contribution in [1.29, 1.82) is 0 Å². The Bertz CT molecular complexity index is 974. The fourth-order valence-electron chi connectivity index (χ4n) is 2.61. The molecule has 0 saturated carbocycles. The van der Waals surface area contributed by atoms with Crippen LogP contribution >= 0.6 is 46.6 Å². The van der Waals surface area contributed by atoms with Crippen molar-refractivity contribution < 1.29 is 14.3 Å². The van der Waals surface area contributed by atoms with Gasteiger partial charge in [0.05, 0.1) is 24.2 Å². The number of rotatable bonds is 5. The molecule has 0 aromatic heterocycles. The van der Waals surface area contributed by atoms with E-state index in [2.05, 4.69) is 38.7 Å². The molecule has 2 aromatic carbocycles. The number of nitrogens with one attached hydrogen (secondary N) is 1. The van der Waals surface area contributed by atoms with Crippen LogP contribution in [-0.2, 0) is 9.53 Å². The first kappa shape index (κ1) is 20.8. The van der Waals surface area contributed by atoms with Crippen molar-refractivity contribution in [3.05, 3.63) is 67.6 Å². The maximum Gasteiger partial charge on any atom is 0.337 e. The normalized spacial score (nSPS) is 15.2. The molecule has 1 aliphatic heterocycles. The van der Waals surface area contributed by atoms with E-state index in [1.165, 1.54) is 18.9 Å². The number of ether oxygens (including phenoxy) is 1. The zero-order chi connectivity index (χ0) is 20.3. The van der Waals surface area contributed by atoms with Crippen LogP contribution < -0.4 is 5.32 Å². The summed E-state index contributed by atoms with van der Waals surface area (Å²) in [5.41, 5.74) is 3.36. The Kier molecular flexibility index (Phi) is 6.73. The first-order valence-corrected chi connectivity index (χ1v) is 10.6. The van der Waals surface area contributed by atoms with E-state index in [4.69, 9.17) is 12.2 Å². The first-order valence-electron chi connectivity index (χ1n) is 8.33. The van der Waals surface area contributed by atoms with Crippen molar-refractivity contribution >= 4 is 74.5 Å². The number of carbonyl (C=O) groups is 2. The smallest absolute Gasteiger partial charge is 0.337 e. The van der Waals surface area contributed by atoms with Crippen LogP contribution in [0.3, 0.4) is 0 Å². The first-order chi connectivity index (χ1) is 13.4. The number of thiocarbonyl (C=S) groups is 1. The number of anilines is 1. The molecule has 1 N–H and O–H groups in total. The van der Waals surface area contributed by atoms with Crippen LogP contribution in [0.5, 0.6) is 0 Å². The second-order valence-corrected chi connectivity index (χ2v) is 8.94. The molecule has 0 unspecified atom stereocenters. The fourth-order valence-corrected chi connectivity index (χ4v) is 4.51. The van der Waals surface area contributed by atoms with Gasteiger partial charge in [-0.05, 0) is 77.0 Å². The summed E-state index contributed by atoms with van der Waals surface area (Å²) in [7, 11) is 1.34. The molecular formula is C20H17IN2O3S2. The third-order valence-corrected chi connectivity index (χ3v) is 6.17. The van der Waals surface area contributed by atoms with Crippen LogP contribution in [0.15, 0.2) is 47.4 Å². The zero-order valence-corrected chi connectivity index (χ0v) is 19.0. The number of methoxy groups -OCH3 is 1. The average molecular weight is 524 g/mol. The molecule has 0 bridgehead atoms. The van der Waals surface area contributed by atoms with Crippen molar-refractivity contribution in [1.82, 2.24) is 4.90 Å². The van der Waals surface area contributed by atoms with Gasteiger partial charge in [0.15, 0.2) is 0 Å². The average Bonchev–Trinajstić information content (AvgIpc) is 2.94. The molecule has 5 nitrogen and oxygen atoms in total. The van der Waals surface area contributed by atoms with Crippen molar-refractivity contribution in [3.8, 4) is 0 Å². The standard InChI is InChI=1S/C20H17IN2O3S2/c1-12-9-15(21)7-8-16(12)22-11-23-18(24)17(28-20(23)27)10-13-3-5-14(6-4-13)19(25)26-2/h3-10,22H,11H2,1-2H3. The van der Waals surface area contributed by atoms with Crippen LogP contribution in [0, 0.1) is 10.5 Å². The Morgan fingerprint density at radius 1 is 1.29 bits per heavy atom. The maximum atomic E-state index is 12.7. The van der Waals surface area contributed by atoms with Crippen molar-refractivity contribution in [3.63, 3.8) is 0 Å². The summed E-state index contributed by atoms with van der Waals surface area (Å²) in [6.07, 6.45) is 1.77. The lowest BCUT2D eigenvalue weighted by molar-refractivity contribution is -0.121. The monoisotopic (exact) mass is 524 g/mol. The van der Waals surface area contributed by atoms with E-state index in [9.17, 15) is 9.59 Å². The van der Waals surface area contributed by atoms with Crippen LogP contribution in [0.25, 0.3) is 6.08 Å². The van der Waals surface area contributed by atoms with Gasteiger partial charge in [-0.15, -0.1) is 0 Å². The quantitative estimate of drug-likeness (QED) is 0.266. The van der Waals surface area contributed by atoms with Gasteiger partial charge in [-0.1, -0.05) is 36.1 Å². The van der Waals surface area contributed by atoms with Crippen molar-refractivity contribution in [2.24, 2.45) is 0 Å². The highest BCUT2D eigenvalue weighted by Crippen LogP contribution is 2.32. The summed E-state index contributed by atoms with van der Waals surface area (Å²) < 4.78 is 6.36. The Balaban J connectivity index is 1.70. The van der Waals surface area contributed by atoms with E-state index in [0.717, 1.165) is 20.4 Å². The van der Waals surface area contributed by atoms with Gasteiger partial charge in [0.1, 0.15) is 4.32 Å². The van der Waals surface area contributed by atoms with Crippen LogP contribution in [-0.4, -0.2) is 34.9 Å². The lowest BCUT2D eigenvalue weighted by Crippen LogP contribution is -2.33. The van der Waals surface area contributed by atoms with E-state index < -0.39 is 5.97 Å². The number of carbonyl (C=O) groups excluding carboxylic acids is 2. The molecule has 0 radical (unpaired) electrons. The highest BCUT2D eigenvalue weighted by atomic mass is 127. The predicted octanol–water partition coefficient (Wildman–Crippen LogP) is 4.66. The van der Waals surface area contributed by atoms with E-state index in [-0.39, 0.29) is 5.91 Å². The molecular weight excluding hydrogens is 507 g/mol. The molecule has 1 aliphatic rings. The number of hydrogen-bond acceptors (Lipinski definition) is 6. The number of nitrogens with zero attached hydrogens (tertiary/aromatic N) is 1. The van der Waals surface area contributed by atoms with E-state index in [1.807, 2.05) is 19.1 Å². The van der Waals surface area contributed by atoms with Crippen molar-refractivity contribution in [2.45, 2.75) is 6.92 Å². The second-order valence-electron chi connectivity index (χ2n) is 6.02. The summed E-state index contributed by atoms with van der Waals surface area (Å²) in [6.45, 7) is 2.33. The number of thioether (sulfide) groups is 1. The summed E-state index contributed by atoms with van der Waals surface area (Å²) in [6, 6.07) is 13.0. The SMILES string of the molecule is COC(=O)c1ccc(C=C2SC(=S)N(CNc3ccc(I)cc3C)C2=O)cc1. The Labute approximate surface area is 186 Å². The fraction of sp³-hybridized carbons (Fsp3) is 0.150. The predicted molar refractivity (Wildman–Crippen MR) is 125 cm³/mol. The van der Waals surface area contributed by atoms with Gasteiger partial charge >= 0.3 is 5.97 Å². The molecule has 2 aromatic rings. The Morgan fingerprint density at radius 2 is 2.00 bits per heavy atom.